The maximum absolute atomic E-state index is 13.1. The van der Waals surface area contributed by atoms with E-state index >= 15 is 0 Å². The predicted octanol–water partition coefficient (Wildman–Crippen LogP) is 0.726. The summed E-state index contributed by atoms with van der Waals surface area (Å²) in [5.41, 5.74) is 7.13. The number of aromatic amines is 1. The molecular weight excluding hydrogens is 259 g/mol. The number of aromatic nitrogens is 1. The molecule has 1 aliphatic rings. The van der Waals surface area contributed by atoms with Crippen LogP contribution in [0.3, 0.4) is 0 Å². The number of hydrogen-bond donors (Lipinski definition) is 4. The summed E-state index contributed by atoms with van der Waals surface area (Å²) in [6.07, 6.45) is 0.807. The van der Waals surface area contributed by atoms with Crippen molar-refractivity contribution in [2.75, 3.05) is 13.1 Å². The van der Waals surface area contributed by atoms with Crippen molar-refractivity contribution in [3.05, 3.63) is 35.8 Å². The topological polar surface area (TPSA) is 82.9 Å². The van der Waals surface area contributed by atoms with E-state index in [1.807, 2.05) is 0 Å². The van der Waals surface area contributed by atoms with Gasteiger partial charge in [0.15, 0.2) is 0 Å². The van der Waals surface area contributed by atoms with Crippen LogP contribution >= 0.6 is 0 Å². The summed E-state index contributed by atoms with van der Waals surface area (Å²) in [5.74, 6) is -0.521. The fourth-order valence-corrected chi connectivity index (χ4v) is 2.53. The van der Waals surface area contributed by atoms with Gasteiger partial charge in [0.05, 0.1) is 0 Å². The standard InChI is InChI=1S/C14H17FN4O/c15-9-1-2-11-8(5-9)6-13(18-11)14(20)19-12-3-4-17-7-10(12)16/h1-2,5-6,10,12,17-18H,3-4,7,16H2,(H,19,20)/t10-,12+/m1/s1. The predicted molar refractivity (Wildman–Crippen MR) is 75.0 cm³/mol. The van der Waals surface area contributed by atoms with Crippen molar-refractivity contribution in [1.82, 2.24) is 15.6 Å². The molecule has 0 radical (unpaired) electrons. The lowest BCUT2D eigenvalue weighted by Crippen LogP contribution is -2.56. The Balaban J connectivity index is 1.78. The molecule has 3 rings (SSSR count). The minimum absolute atomic E-state index is 0.0353. The molecule has 1 aliphatic heterocycles. The number of hydrogen-bond acceptors (Lipinski definition) is 3. The maximum atomic E-state index is 13.1. The molecule has 1 aromatic carbocycles. The summed E-state index contributed by atoms with van der Waals surface area (Å²) >= 11 is 0. The molecule has 0 saturated carbocycles. The summed E-state index contributed by atoms with van der Waals surface area (Å²) in [7, 11) is 0. The monoisotopic (exact) mass is 276 g/mol. The van der Waals surface area contributed by atoms with Crippen LogP contribution < -0.4 is 16.4 Å². The lowest BCUT2D eigenvalue weighted by Gasteiger charge is -2.29. The first kappa shape index (κ1) is 13.1. The van der Waals surface area contributed by atoms with Crippen LogP contribution in [0.5, 0.6) is 0 Å². The molecule has 106 valence electrons. The van der Waals surface area contributed by atoms with E-state index in [0.29, 0.717) is 17.6 Å². The van der Waals surface area contributed by atoms with Crippen LogP contribution in [0, 0.1) is 5.82 Å². The molecule has 1 saturated heterocycles. The van der Waals surface area contributed by atoms with E-state index in [0.717, 1.165) is 18.5 Å². The Bertz CT molecular complexity index is 639. The van der Waals surface area contributed by atoms with Gasteiger partial charge in [0, 0.05) is 29.5 Å². The van der Waals surface area contributed by atoms with Crippen LogP contribution in [0.1, 0.15) is 16.9 Å². The van der Waals surface area contributed by atoms with Gasteiger partial charge in [-0.2, -0.15) is 0 Å². The van der Waals surface area contributed by atoms with Crippen LogP contribution in [0.4, 0.5) is 4.39 Å². The quantitative estimate of drug-likeness (QED) is 0.652. The Hall–Kier alpha value is -1.92. The third kappa shape index (κ3) is 2.52. The van der Waals surface area contributed by atoms with E-state index in [-0.39, 0.29) is 23.8 Å². The van der Waals surface area contributed by atoms with E-state index in [9.17, 15) is 9.18 Å². The van der Waals surface area contributed by atoms with Crippen molar-refractivity contribution >= 4 is 16.8 Å². The zero-order valence-corrected chi connectivity index (χ0v) is 10.9. The number of piperidine rings is 1. The third-order valence-electron chi connectivity index (χ3n) is 3.67. The molecule has 2 heterocycles. The van der Waals surface area contributed by atoms with Crippen LogP contribution in [0.25, 0.3) is 10.9 Å². The molecule has 1 aromatic heterocycles. The number of H-pyrrole nitrogens is 1. The molecule has 0 spiro atoms. The van der Waals surface area contributed by atoms with Crippen LogP contribution in [0.15, 0.2) is 24.3 Å². The van der Waals surface area contributed by atoms with E-state index in [1.54, 1.807) is 12.1 Å². The molecule has 2 aromatic rings. The first-order valence-corrected chi connectivity index (χ1v) is 6.69. The Morgan fingerprint density at radius 3 is 3.05 bits per heavy atom. The third-order valence-corrected chi connectivity index (χ3v) is 3.67. The number of rotatable bonds is 2. The minimum Gasteiger partial charge on any atom is -0.351 e. The summed E-state index contributed by atoms with van der Waals surface area (Å²) < 4.78 is 13.1. The molecule has 2 atom stereocenters. The van der Waals surface area contributed by atoms with Gasteiger partial charge in [-0.05, 0) is 37.2 Å². The molecule has 0 bridgehead atoms. The molecular formula is C14H17FN4O. The lowest BCUT2D eigenvalue weighted by molar-refractivity contribution is 0.0919. The summed E-state index contributed by atoms with van der Waals surface area (Å²) in [6, 6.07) is 5.92. The molecule has 1 amide bonds. The number of fused-ring (bicyclic) bond motifs is 1. The van der Waals surface area contributed by atoms with Crippen LogP contribution in [0.2, 0.25) is 0 Å². The van der Waals surface area contributed by atoms with Gasteiger partial charge in [0.1, 0.15) is 11.5 Å². The molecule has 1 fully saturated rings. The van der Waals surface area contributed by atoms with Gasteiger partial charge in [0.25, 0.3) is 5.91 Å². The van der Waals surface area contributed by atoms with Gasteiger partial charge in [-0.15, -0.1) is 0 Å². The number of nitrogens with one attached hydrogen (secondary N) is 3. The minimum atomic E-state index is -0.316. The molecule has 0 aliphatic carbocycles. The zero-order chi connectivity index (χ0) is 14.1. The van der Waals surface area contributed by atoms with E-state index in [1.165, 1.54) is 12.1 Å². The normalized spacial score (nSPS) is 22.9. The Kier molecular flexibility index (Phi) is 3.42. The number of amides is 1. The number of halogens is 1. The molecule has 20 heavy (non-hydrogen) atoms. The average Bonchev–Trinajstić information content (AvgIpc) is 2.84. The Morgan fingerprint density at radius 1 is 1.40 bits per heavy atom. The van der Waals surface area contributed by atoms with Crippen molar-refractivity contribution in [3.8, 4) is 0 Å². The SMILES string of the molecule is N[C@@H]1CNCC[C@@H]1NC(=O)c1cc2cc(F)ccc2[nH]1. The summed E-state index contributed by atoms with van der Waals surface area (Å²) in [5, 5.41) is 6.80. The number of carbonyl (C=O) groups is 1. The Labute approximate surface area is 115 Å². The highest BCUT2D eigenvalue weighted by Crippen LogP contribution is 2.17. The fourth-order valence-electron chi connectivity index (χ4n) is 2.53. The van der Waals surface area contributed by atoms with Crippen molar-refractivity contribution in [1.29, 1.82) is 0 Å². The van der Waals surface area contributed by atoms with Crippen LogP contribution in [-0.4, -0.2) is 36.1 Å². The van der Waals surface area contributed by atoms with Gasteiger partial charge < -0.3 is 21.4 Å². The van der Waals surface area contributed by atoms with E-state index in [4.69, 9.17) is 5.73 Å². The summed E-state index contributed by atoms with van der Waals surface area (Å²) in [6.45, 7) is 1.54. The molecule has 0 unspecified atom stereocenters. The van der Waals surface area contributed by atoms with Crippen molar-refractivity contribution < 1.29 is 9.18 Å². The number of nitrogens with two attached hydrogens (primary N) is 1. The smallest absolute Gasteiger partial charge is 0.268 e. The summed E-state index contributed by atoms with van der Waals surface area (Å²) in [4.78, 5) is 15.2. The number of benzene rings is 1. The van der Waals surface area contributed by atoms with E-state index < -0.39 is 0 Å². The molecule has 6 heteroatoms. The highest BCUT2D eigenvalue weighted by atomic mass is 19.1. The highest BCUT2D eigenvalue weighted by Gasteiger charge is 2.24. The second kappa shape index (κ2) is 5.22. The average molecular weight is 276 g/mol. The van der Waals surface area contributed by atoms with Gasteiger partial charge in [-0.25, -0.2) is 4.39 Å². The van der Waals surface area contributed by atoms with Gasteiger partial charge in [-0.1, -0.05) is 0 Å². The van der Waals surface area contributed by atoms with Crippen molar-refractivity contribution in [2.24, 2.45) is 5.73 Å². The second-order valence-electron chi connectivity index (χ2n) is 5.15. The van der Waals surface area contributed by atoms with Gasteiger partial charge >= 0.3 is 0 Å². The first-order valence-electron chi connectivity index (χ1n) is 6.69. The van der Waals surface area contributed by atoms with Crippen molar-refractivity contribution in [3.63, 3.8) is 0 Å². The number of carbonyl (C=O) groups excluding carboxylic acids is 1. The second-order valence-corrected chi connectivity index (χ2v) is 5.15. The van der Waals surface area contributed by atoms with Crippen molar-refractivity contribution in [2.45, 2.75) is 18.5 Å². The maximum Gasteiger partial charge on any atom is 0.268 e. The fraction of sp³-hybridized carbons (Fsp3) is 0.357. The Morgan fingerprint density at radius 2 is 2.25 bits per heavy atom. The lowest BCUT2D eigenvalue weighted by atomic mass is 10.0. The van der Waals surface area contributed by atoms with E-state index in [2.05, 4.69) is 15.6 Å². The highest BCUT2D eigenvalue weighted by molar-refractivity contribution is 5.98. The largest absolute Gasteiger partial charge is 0.351 e. The first-order chi connectivity index (χ1) is 9.63. The van der Waals surface area contributed by atoms with Gasteiger partial charge in [0.2, 0.25) is 0 Å². The molecule has 5 nitrogen and oxygen atoms in total. The molecule has 5 N–H and O–H groups in total. The van der Waals surface area contributed by atoms with Gasteiger partial charge in [-0.3, -0.25) is 4.79 Å². The van der Waals surface area contributed by atoms with Crippen LogP contribution in [-0.2, 0) is 0 Å². The zero-order valence-electron chi connectivity index (χ0n) is 10.9.